The summed E-state index contributed by atoms with van der Waals surface area (Å²) in [4.78, 5) is 0. The summed E-state index contributed by atoms with van der Waals surface area (Å²) in [6.45, 7) is 2.05. The van der Waals surface area contributed by atoms with Crippen molar-refractivity contribution in [2.45, 2.75) is 38.3 Å². The largest absolute Gasteiger partial charge is 0.391 e. The molecule has 0 unspecified atom stereocenters. The summed E-state index contributed by atoms with van der Waals surface area (Å²) in [6, 6.07) is 4.18. The molecule has 3 N–H and O–H groups in total. The molecule has 0 spiro atoms. The normalized spacial score (nSPS) is 14.8. The van der Waals surface area contributed by atoms with Gasteiger partial charge in [-0.3, -0.25) is 0 Å². The molecule has 4 heteroatoms. The second kappa shape index (κ2) is 6.33. The van der Waals surface area contributed by atoms with Crippen molar-refractivity contribution in [1.82, 2.24) is 0 Å². The predicted octanol–water partition coefficient (Wildman–Crippen LogP) is 3.14. The summed E-state index contributed by atoms with van der Waals surface area (Å²) >= 11 is 3.08. The molecule has 1 aromatic rings. The third kappa shape index (κ3) is 3.54. The van der Waals surface area contributed by atoms with Crippen molar-refractivity contribution in [3.8, 4) is 0 Å². The minimum absolute atomic E-state index is 0.351. The van der Waals surface area contributed by atoms with Gasteiger partial charge in [-0.25, -0.2) is 4.39 Å². The second-order valence-corrected chi connectivity index (χ2v) is 4.76. The van der Waals surface area contributed by atoms with Crippen LogP contribution in [0.3, 0.4) is 0 Å². The van der Waals surface area contributed by atoms with Crippen LogP contribution in [-0.2, 0) is 0 Å². The van der Waals surface area contributed by atoms with Gasteiger partial charge in [0.1, 0.15) is 5.82 Å². The van der Waals surface area contributed by atoms with Crippen LogP contribution >= 0.6 is 15.9 Å². The average molecular weight is 290 g/mol. The van der Waals surface area contributed by atoms with Crippen LogP contribution in [0.2, 0.25) is 0 Å². The van der Waals surface area contributed by atoms with E-state index in [0.29, 0.717) is 16.5 Å². The van der Waals surface area contributed by atoms with E-state index in [-0.39, 0.29) is 5.82 Å². The van der Waals surface area contributed by atoms with E-state index in [9.17, 15) is 9.50 Å². The molecule has 0 aliphatic heterocycles. The van der Waals surface area contributed by atoms with Gasteiger partial charge in [-0.15, -0.1) is 0 Å². The van der Waals surface area contributed by atoms with E-state index in [1.165, 1.54) is 6.07 Å². The number of rotatable bonds is 5. The number of halogens is 2. The van der Waals surface area contributed by atoms with E-state index in [0.717, 1.165) is 12.8 Å². The van der Waals surface area contributed by atoms with Gasteiger partial charge in [0.25, 0.3) is 0 Å². The molecular weight excluding hydrogens is 273 g/mol. The van der Waals surface area contributed by atoms with Crippen LogP contribution in [0.25, 0.3) is 0 Å². The monoisotopic (exact) mass is 289 g/mol. The minimum Gasteiger partial charge on any atom is -0.391 e. The van der Waals surface area contributed by atoms with Crippen molar-refractivity contribution in [2.24, 2.45) is 5.73 Å². The first-order valence-corrected chi connectivity index (χ1v) is 6.24. The van der Waals surface area contributed by atoms with Crippen LogP contribution in [0.15, 0.2) is 22.7 Å². The third-order valence-corrected chi connectivity index (χ3v) is 3.24. The smallest absolute Gasteiger partial charge is 0.137 e. The highest BCUT2D eigenvalue weighted by atomic mass is 79.9. The first-order valence-electron chi connectivity index (χ1n) is 5.44. The molecule has 2 atom stereocenters. The zero-order chi connectivity index (χ0) is 12.1. The van der Waals surface area contributed by atoms with E-state index in [4.69, 9.17) is 5.73 Å². The summed E-state index contributed by atoms with van der Waals surface area (Å²) in [5.74, 6) is -0.351. The summed E-state index contributed by atoms with van der Waals surface area (Å²) in [5, 5.41) is 9.80. The van der Waals surface area contributed by atoms with Gasteiger partial charge in [0.05, 0.1) is 16.6 Å². The van der Waals surface area contributed by atoms with Gasteiger partial charge in [0, 0.05) is 0 Å². The molecule has 0 saturated carbocycles. The molecule has 1 aromatic carbocycles. The first-order chi connectivity index (χ1) is 7.56. The van der Waals surface area contributed by atoms with Gasteiger partial charge in [0.2, 0.25) is 0 Å². The van der Waals surface area contributed by atoms with Crippen LogP contribution in [-0.4, -0.2) is 11.2 Å². The molecule has 0 saturated heterocycles. The van der Waals surface area contributed by atoms with E-state index >= 15 is 0 Å². The zero-order valence-electron chi connectivity index (χ0n) is 9.29. The molecule has 90 valence electrons. The topological polar surface area (TPSA) is 46.2 Å². The number of benzene rings is 1. The molecule has 0 amide bonds. The fourth-order valence-corrected chi connectivity index (χ4v) is 1.78. The summed E-state index contributed by atoms with van der Waals surface area (Å²) in [5.41, 5.74) is 6.50. The maximum atomic E-state index is 13.3. The molecule has 0 radical (unpaired) electrons. The number of hydrogen-bond acceptors (Lipinski definition) is 2. The van der Waals surface area contributed by atoms with Gasteiger partial charge >= 0.3 is 0 Å². The van der Waals surface area contributed by atoms with E-state index in [2.05, 4.69) is 22.9 Å². The molecule has 0 heterocycles. The molecule has 16 heavy (non-hydrogen) atoms. The molecule has 0 aromatic heterocycles. The Balaban J connectivity index is 2.71. The molecule has 1 rings (SSSR count). The fraction of sp³-hybridized carbons (Fsp3) is 0.500. The number of unbranched alkanes of at least 4 members (excludes halogenated alkanes) is 1. The Morgan fingerprint density at radius 1 is 1.50 bits per heavy atom. The first kappa shape index (κ1) is 13.6. The maximum Gasteiger partial charge on any atom is 0.137 e. The van der Waals surface area contributed by atoms with Gasteiger partial charge < -0.3 is 10.8 Å². The zero-order valence-corrected chi connectivity index (χ0v) is 10.9. The lowest BCUT2D eigenvalue weighted by Crippen LogP contribution is -2.26. The molecular formula is C12H17BrFNO. The molecule has 2 nitrogen and oxygen atoms in total. The van der Waals surface area contributed by atoms with Crippen LogP contribution in [0.1, 0.15) is 37.8 Å². The van der Waals surface area contributed by atoms with Crippen LogP contribution in [0.4, 0.5) is 4.39 Å². The Kier molecular flexibility index (Phi) is 5.38. The summed E-state index contributed by atoms with van der Waals surface area (Å²) < 4.78 is 13.7. The maximum absolute atomic E-state index is 13.3. The summed E-state index contributed by atoms with van der Waals surface area (Å²) in [7, 11) is 0. The Morgan fingerprint density at radius 3 is 2.75 bits per heavy atom. The number of aliphatic hydroxyl groups is 1. The molecule has 0 aliphatic carbocycles. The highest BCUT2D eigenvalue weighted by molar-refractivity contribution is 9.10. The third-order valence-electron chi connectivity index (χ3n) is 2.60. The van der Waals surface area contributed by atoms with Crippen molar-refractivity contribution in [3.05, 3.63) is 34.1 Å². The lowest BCUT2D eigenvalue weighted by atomic mass is 9.98. The molecule has 0 bridgehead atoms. The van der Waals surface area contributed by atoms with Crippen LogP contribution in [0.5, 0.6) is 0 Å². The van der Waals surface area contributed by atoms with E-state index in [1.807, 2.05) is 0 Å². The van der Waals surface area contributed by atoms with Gasteiger partial charge in [-0.05, 0) is 40.0 Å². The number of nitrogens with two attached hydrogens (primary N) is 1. The standard InChI is InChI=1S/C12H17BrFNO/c1-2-3-4-11(16)12(15)8-5-6-9(13)10(14)7-8/h5-7,11-12,16H,2-4,15H2,1H3/t11-,12+/m1/s1. The van der Waals surface area contributed by atoms with Crippen molar-refractivity contribution < 1.29 is 9.50 Å². The molecule has 0 aliphatic rings. The minimum atomic E-state index is -0.611. The lowest BCUT2D eigenvalue weighted by Gasteiger charge is -2.19. The Bertz CT molecular complexity index is 346. The number of aliphatic hydroxyl groups excluding tert-OH is 1. The fourth-order valence-electron chi connectivity index (χ4n) is 1.53. The second-order valence-electron chi connectivity index (χ2n) is 3.91. The van der Waals surface area contributed by atoms with Crippen molar-refractivity contribution >= 4 is 15.9 Å². The van der Waals surface area contributed by atoms with Crippen LogP contribution < -0.4 is 5.73 Å². The Labute approximate surface area is 104 Å². The SMILES string of the molecule is CCCC[C@@H](O)[C@@H](N)c1ccc(Br)c(F)c1. The van der Waals surface area contributed by atoms with E-state index < -0.39 is 12.1 Å². The highest BCUT2D eigenvalue weighted by Gasteiger charge is 2.17. The van der Waals surface area contributed by atoms with Gasteiger partial charge in [-0.2, -0.15) is 0 Å². The van der Waals surface area contributed by atoms with Gasteiger partial charge in [0.15, 0.2) is 0 Å². The van der Waals surface area contributed by atoms with Crippen molar-refractivity contribution in [2.75, 3.05) is 0 Å². The highest BCUT2D eigenvalue weighted by Crippen LogP contribution is 2.23. The van der Waals surface area contributed by atoms with Crippen molar-refractivity contribution in [1.29, 1.82) is 0 Å². The summed E-state index contributed by atoms with van der Waals surface area (Å²) in [6.07, 6.45) is 1.97. The quantitative estimate of drug-likeness (QED) is 0.875. The van der Waals surface area contributed by atoms with Crippen molar-refractivity contribution in [3.63, 3.8) is 0 Å². The Hall–Kier alpha value is -0.450. The predicted molar refractivity (Wildman–Crippen MR) is 66.6 cm³/mol. The van der Waals surface area contributed by atoms with Crippen LogP contribution in [0, 0.1) is 5.82 Å². The number of hydrogen-bond donors (Lipinski definition) is 2. The van der Waals surface area contributed by atoms with E-state index in [1.54, 1.807) is 12.1 Å². The Morgan fingerprint density at radius 2 is 2.19 bits per heavy atom. The molecule has 0 fully saturated rings. The van der Waals surface area contributed by atoms with Gasteiger partial charge in [-0.1, -0.05) is 25.8 Å². The average Bonchev–Trinajstić information content (AvgIpc) is 2.28. The lowest BCUT2D eigenvalue weighted by molar-refractivity contribution is 0.132.